The molecule has 1 aromatic rings. The first-order valence-electron chi connectivity index (χ1n) is 5.35. The van der Waals surface area contributed by atoms with Gasteiger partial charge in [0.1, 0.15) is 0 Å². The highest BCUT2D eigenvalue weighted by Crippen LogP contribution is 2.21. The second-order valence-electron chi connectivity index (χ2n) is 4.50. The molecule has 0 saturated carbocycles. The molecule has 1 aromatic heterocycles. The van der Waals surface area contributed by atoms with E-state index in [2.05, 4.69) is 22.0 Å². The van der Waals surface area contributed by atoms with Crippen molar-refractivity contribution in [1.82, 2.24) is 15.0 Å². The van der Waals surface area contributed by atoms with E-state index in [0.29, 0.717) is 31.3 Å². The van der Waals surface area contributed by atoms with E-state index in [0.717, 1.165) is 12.8 Å². The van der Waals surface area contributed by atoms with Gasteiger partial charge in [0.15, 0.2) is 5.82 Å². The van der Waals surface area contributed by atoms with Crippen molar-refractivity contribution in [1.29, 1.82) is 0 Å². The predicted octanol–water partition coefficient (Wildman–Crippen LogP) is 0.589. The molecule has 1 fully saturated rings. The minimum atomic E-state index is -0.532. The Bertz CT molecular complexity index is 327. The Morgan fingerprint density at radius 3 is 2.87 bits per heavy atom. The van der Waals surface area contributed by atoms with Gasteiger partial charge in [-0.2, -0.15) is 4.98 Å². The van der Waals surface area contributed by atoms with E-state index in [-0.39, 0.29) is 0 Å². The molecule has 0 bridgehead atoms. The SMILES string of the molecule is CCCc1nc(CN2CC(C)(O)C2)no1. The lowest BCUT2D eigenvalue weighted by molar-refractivity contribution is -0.0882. The van der Waals surface area contributed by atoms with E-state index >= 15 is 0 Å². The summed E-state index contributed by atoms with van der Waals surface area (Å²) in [5, 5.41) is 13.4. The van der Waals surface area contributed by atoms with Crippen molar-refractivity contribution in [2.24, 2.45) is 0 Å². The van der Waals surface area contributed by atoms with Crippen LogP contribution >= 0.6 is 0 Å². The third kappa shape index (κ3) is 2.54. The summed E-state index contributed by atoms with van der Waals surface area (Å²) >= 11 is 0. The van der Waals surface area contributed by atoms with Gasteiger partial charge in [-0.05, 0) is 13.3 Å². The molecule has 0 unspecified atom stereocenters. The molecule has 0 aromatic carbocycles. The zero-order chi connectivity index (χ0) is 10.9. The van der Waals surface area contributed by atoms with Crippen LogP contribution in [-0.2, 0) is 13.0 Å². The molecule has 1 aliphatic rings. The zero-order valence-electron chi connectivity index (χ0n) is 9.23. The van der Waals surface area contributed by atoms with Gasteiger partial charge in [0.05, 0.1) is 12.1 Å². The van der Waals surface area contributed by atoms with Gasteiger partial charge < -0.3 is 9.63 Å². The summed E-state index contributed by atoms with van der Waals surface area (Å²) in [6.07, 6.45) is 1.85. The summed E-state index contributed by atoms with van der Waals surface area (Å²) < 4.78 is 5.08. The molecule has 5 nitrogen and oxygen atoms in total. The highest BCUT2D eigenvalue weighted by atomic mass is 16.5. The van der Waals surface area contributed by atoms with Gasteiger partial charge in [0.25, 0.3) is 0 Å². The standard InChI is InChI=1S/C10H17N3O2/c1-3-4-9-11-8(12-15-9)5-13-6-10(2,14)7-13/h14H,3-7H2,1-2H3. The van der Waals surface area contributed by atoms with E-state index in [4.69, 9.17) is 4.52 Å². The van der Waals surface area contributed by atoms with E-state index in [1.165, 1.54) is 0 Å². The van der Waals surface area contributed by atoms with Crippen molar-refractivity contribution in [3.8, 4) is 0 Å². The van der Waals surface area contributed by atoms with Crippen LogP contribution in [0.1, 0.15) is 32.0 Å². The molecular weight excluding hydrogens is 194 g/mol. The lowest BCUT2D eigenvalue weighted by Gasteiger charge is -2.43. The summed E-state index contributed by atoms with van der Waals surface area (Å²) in [5.74, 6) is 1.42. The third-order valence-electron chi connectivity index (χ3n) is 2.47. The van der Waals surface area contributed by atoms with Gasteiger partial charge in [0, 0.05) is 19.5 Å². The minimum absolute atomic E-state index is 0.532. The van der Waals surface area contributed by atoms with Crippen LogP contribution < -0.4 is 0 Å². The summed E-state index contributed by atoms with van der Waals surface area (Å²) in [7, 11) is 0. The minimum Gasteiger partial charge on any atom is -0.388 e. The molecule has 0 atom stereocenters. The number of aromatic nitrogens is 2. The molecule has 15 heavy (non-hydrogen) atoms. The average Bonchev–Trinajstić information content (AvgIpc) is 2.50. The number of β-amino-alcohol motifs (C(OH)–C–C–N with tert-alkyl or cyclic N) is 1. The van der Waals surface area contributed by atoms with Crippen LogP contribution in [0.4, 0.5) is 0 Å². The van der Waals surface area contributed by atoms with E-state index in [9.17, 15) is 5.11 Å². The fourth-order valence-corrected chi connectivity index (χ4v) is 1.90. The van der Waals surface area contributed by atoms with Crippen LogP contribution in [0.25, 0.3) is 0 Å². The van der Waals surface area contributed by atoms with Crippen LogP contribution in [0.3, 0.4) is 0 Å². The Morgan fingerprint density at radius 1 is 1.53 bits per heavy atom. The Morgan fingerprint density at radius 2 is 2.27 bits per heavy atom. The molecule has 5 heteroatoms. The van der Waals surface area contributed by atoms with Crippen molar-refractivity contribution in [3.63, 3.8) is 0 Å². The Labute approximate surface area is 89.1 Å². The Hall–Kier alpha value is -0.940. The quantitative estimate of drug-likeness (QED) is 0.789. The molecule has 84 valence electrons. The molecule has 0 spiro atoms. The van der Waals surface area contributed by atoms with Crippen molar-refractivity contribution < 1.29 is 9.63 Å². The van der Waals surface area contributed by atoms with Gasteiger partial charge in [-0.1, -0.05) is 12.1 Å². The maximum atomic E-state index is 9.55. The summed E-state index contributed by atoms with van der Waals surface area (Å²) in [6, 6.07) is 0. The topological polar surface area (TPSA) is 62.4 Å². The van der Waals surface area contributed by atoms with Crippen LogP contribution in [0, 0.1) is 0 Å². The lowest BCUT2D eigenvalue weighted by atomic mass is 9.97. The summed E-state index contributed by atoms with van der Waals surface area (Å²) in [4.78, 5) is 6.37. The molecule has 1 N–H and O–H groups in total. The maximum absolute atomic E-state index is 9.55. The molecule has 2 rings (SSSR count). The number of hydrogen-bond donors (Lipinski definition) is 1. The Kier molecular flexibility index (Phi) is 2.75. The van der Waals surface area contributed by atoms with E-state index < -0.39 is 5.60 Å². The smallest absolute Gasteiger partial charge is 0.226 e. The number of nitrogens with zero attached hydrogens (tertiary/aromatic N) is 3. The van der Waals surface area contributed by atoms with E-state index in [1.807, 2.05) is 6.92 Å². The fourth-order valence-electron chi connectivity index (χ4n) is 1.90. The van der Waals surface area contributed by atoms with Crippen LogP contribution in [0.2, 0.25) is 0 Å². The molecule has 0 amide bonds. The molecule has 1 aliphatic heterocycles. The van der Waals surface area contributed by atoms with Gasteiger partial charge in [0.2, 0.25) is 5.89 Å². The van der Waals surface area contributed by atoms with Crippen molar-refractivity contribution in [3.05, 3.63) is 11.7 Å². The largest absolute Gasteiger partial charge is 0.388 e. The van der Waals surface area contributed by atoms with Gasteiger partial charge >= 0.3 is 0 Å². The number of hydrogen-bond acceptors (Lipinski definition) is 5. The lowest BCUT2D eigenvalue weighted by Crippen LogP contribution is -2.59. The normalized spacial score (nSPS) is 20.2. The van der Waals surface area contributed by atoms with Crippen LogP contribution in [-0.4, -0.2) is 38.8 Å². The Balaban J connectivity index is 1.84. The number of rotatable bonds is 4. The molecular formula is C10H17N3O2. The summed E-state index contributed by atoms with van der Waals surface area (Å²) in [5.41, 5.74) is -0.532. The number of aliphatic hydroxyl groups is 1. The van der Waals surface area contributed by atoms with E-state index in [1.54, 1.807) is 0 Å². The first kappa shape index (κ1) is 10.6. The first-order chi connectivity index (χ1) is 7.09. The average molecular weight is 211 g/mol. The summed E-state index contributed by atoms with van der Waals surface area (Å²) in [6.45, 7) is 5.96. The second-order valence-corrected chi connectivity index (χ2v) is 4.50. The third-order valence-corrected chi connectivity index (χ3v) is 2.47. The first-order valence-corrected chi connectivity index (χ1v) is 5.35. The van der Waals surface area contributed by atoms with Crippen molar-refractivity contribution in [2.75, 3.05) is 13.1 Å². The molecule has 1 saturated heterocycles. The maximum Gasteiger partial charge on any atom is 0.226 e. The second kappa shape index (κ2) is 3.90. The highest BCUT2D eigenvalue weighted by Gasteiger charge is 2.36. The van der Waals surface area contributed by atoms with Gasteiger partial charge in [-0.25, -0.2) is 0 Å². The molecule has 2 heterocycles. The van der Waals surface area contributed by atoms with Gasteiger partial charge in [-0.15, -0.1) is 0 Å². The number of aryl methyl sites for hydroxylation is 1. The molecule has 0 radical (unpaired) electrons. The fraction of sp³-hybridized carbons (Fsp3) is 0.800. The number of likely N-dealkylation sites (tertiary alicyclic amines) is 1. The zero-order valence-corrected chi connectivity index (χ0v) is 9.23. The molecule has 0 aliphatic carbocycles. The highest BCUT2D eigenvalue weighted by molar-refractivity contribution is 4.95. The van der Waals surface area contributed by atoms with Gasteiger partial charge in [-0.3, -0.25) is 4.90 Å². The van der Waals surface area contributed by atoms with Crippen molar-refractivity contribution >= 4 is 0 Å². The monoisotopic (exact) mass is 211 g/mol. The predicted molar refractivity (Wildman–Crippen MR) is 54.2 cm³/mol. The van der Waals surface area contributed by atoms with Crippen LogP contribution in [0.5, 0.6) is 0 Å². The van der Waals surface area contributed by atoms with Crippen molar-refractivity contribution in [2.45, 2.75) is 38.8 Å². The van der Waals surface area contributed by atoms with Crippen LogP contribution in [0.15, 0.2) is 4.52 Å².